The number of nitrogens with one attached hydrogen (secondary N) is 2. The van der Waals surface area contributed by atoms with Crippen LogP contribution in [0.3, 0.4) is 0 Å². The number of hydrogen-bond donors (Lipinski definition) is 2. The van der Waals surface area contributed by atoms with Gasteiger partial charge in [-0.15, -0.1) is 0 Å². The number of pyridine rings is 2. The first-order valence-electron chi connectivity index (χ1n) is 11.2. The van der Waals surface area contributed by atoms with Gasteiger partial charge in [0.25, 0.3) is 0 Å². The van der Waals surface area contributed by atoms with E-state index in [9.17, 15) is 0 Å². The van der Waals surface area contributed by atoms with Gasteiger partial charge in [0.1, 0.15) is 5.69 Å². The highest BCUT2D eigenvalue weighted by atomic mass is 15.1. The van der Waals surface area contributed by atoms with Crippen molar-refractivity contribution in [2.75, 3.05) is 19.6 Å². The highest BCUT2D eigenvalue weighted by Crippen LogP contribution is 2.30. The molecular formula is C26H28N6. The molecule has 0 spiro atoms. The third-order valence-electron chi connectivity index (χ3n) is 6.19. The molecule has 0 radical (unpaired) electrons. The van der Waals surface area contributed by atoms with E-state index in [0.29, 0.717) is 0 Å². The third-order valence-corrected chi connectivity index (χ3v) is 6.19. The molecule has 0 bridgehead atoms. The number of aromatic amines is 2. The molecule has 4 aromatic heterocycles. The number of allylic oxidation sites excluding steroid dienone is 3. The van der Waals surface area contributed by atoms with E-state index in [1.165, 1.54) is 37.9 Å². The summed E-state index contributed by atoms with van der Waals surface area (Å²) in [5, 5.41) is 9.84. The Balaban J connectivity index is 1.49. The lowest BCUT2D eigenvalue weighted by Gasteiger charge is -2.26. The molecular weight excluding hydrogens is 396 g/mol. The fourth-order valence-corrected chi connectivity index (χ4v) is 4.43. The summed E-state index contributed by atoms with van der Waals surface area (Å²) in [4.78, 5) is 14.9. The molecule has 162 valence electrons. The highest BCUT2D eigenvalue weighted by Gasteiger charge is 2.14. The Morgan fingerprint density at radius 3 is 2.81 bits per heavy atom. The monoisotopic (exact) mass is 424 g/mol. The topological polar surface area (TPSA) is 73.5 Å². The van der Waals surface area contributed by atoms with Gasteiger partial charge in [-0.2, -0.15) is 5.10 Å². The number of hydrogen-bond acceptors (Lipinski definition) is 4. The second kappa shape index (κ2) is 8.93. The van der Waals surface area contributed by atoms with E-state index in [2.05, 4.69) is 62.9 Å². The van der Waals surface area contributed by atoms with Crippen LogP contribution in [0.15, 0.2) is 67.2 Å². The fraction of sp³-hybridized carbons (Fsp3) is 0.269. The van der Waals surface area contributed by atoms with E-state index in [4.69, 9.17) is 4.98 Å². The van der Waals surface area contributed by atoms with Crippen LogP contribution < -0.4 is 0 Å². The molecule has 2 N–H and O–H groups in total. The highest BCUT2D eigenvalue weighted by molar-refractivity contribution is 5.96. The summed E-state index contributed by atoms with van der Waals surface area (Å²) in [6.07, 6.45) is 15.7. The first-order chi connectivity index (χ1) is 15.7. The van der Waals surface area contributed by atoms with Crippen molar-refractivity contribution in [3.8, 4) is 11.4 Å². The summed E-state index contributed by atoms with van der Waals surface area (Å²) in [5.41, 5.74) is 7.00. The van der Waals surface area contributed by atoms with Crippen LogP contribution in [0, 0.1) is 0 Å². The molecule has 0 aromatic carbocycles. The minimum atomic E-state index is 0.886. The Morgan fingerprint density at radius 1 is 1.16 bits per heavy atom. The maximum Gasteiger partial charge on any atom is 0.116 e. The number of likely N-dealkylation sites (tertiary alicyclic amines) is 1. The van der Waals surface area contributed by atoms with Crippen LogP contribution in [-0.2, 0) is 0 Å². The quantitative estimate of drug-likeness (QED) is 0.401. The molecule has 0 unspecified atom stereocenters. The van der Waals surface area contributed by atoms with Gasteiger partial charge in [-0.05, 0) is 68.3 Å². The predicted octanol–water partition coefficient (Wildman–Crippen LogP) is 5.50. The predicted molar refractivity (Wildman–Crippen MR) is 131 cm³/mol. The van der Waals surface area contributed by atoms with Crippen molar-refractivity contribution >= 4 is 27.4 Å². The summed E-state index contributed by atoms with van der Waals surface area (Å²) in [7, 11) is 0. The van der Waals surface area contributed by atoms with Crippen molar-refractivity contribution in [1.29, 1.82) is 0 Å². The Hall–Kier alpha value is -3.51. The van der Waals surface area contributed by atoms with Gasteiger partial charge in [0.2, 0.25) is 0 Å². The van der Waals surface area contributed by atoms with Gasteiger partial charge >= 0.3 is 0 Å². The van der Waals surface area contributed by atoms with Crippen molar-refractivity contribution < 1.29 is 0 Å². The number of piperidine rings is 1. The van der Waals surface area contributed by atoms with E-state index < -0.39 is 0 Å². The van der Waals surface area contributed by atoms with Gasteiger partial charge in [-0.1, -0.05) is 25.2 Å². The maximum absolute atomic E-state index is 4.71. The number of rotatable bonds is 6. The lowest BCUT2D eigenvalue weighted by atomic mass is 10.0. The normalized spacial score (nSPS) is 16.2. The SMILES string of the molecule is C=C/C(=C\C(=C/C)c1cc2c(-c3cc4ccncc4[nH]3)n[nH]c2cn1)CN1CCCCC1. The van der Waals surface area contributed by atoms with Gasteiger partial charge in [-0.25, -0.2) is 0 Å². The largest absolute Gasteiger partial charge is 0.352 e. The number of fused-ring (bicyclic) bond motifs is 2. The molecule has 5 heterocycles. The van der Waals surface area contributed by atoms with Crippen LogP contribution in [-0.4, -0.2) is 49.7 Å². The fourth-order valence-electron chi connectivity index (χ4n) is 4.43. The number of nitrogens with zero attached hydrogens (tertiary/aromatic N) is 4. The molecule has 6 heteroatoms. The molecule has 6 nitrogen and oxygen atoms in total. The second-order valence-electron chi connectivity index (χ2n) is 8.34. The summed E-state index contributed by atoms with van der Waals surface area (Å²) in [5.74, 6) is 0. The van der Waals surface area contributed by atoms with Gasteiger partial charge in [0.05, 0.1) is 34.8 Å². The molecule has 1 aliphatic rings. The first kappa shape index (κ1) is 20.4. The smallest absolute Gasteiger partial charge is 0.116 e. The van der Waals surface area contributed by atoms with Crippen molar-refractivity contribution in [3.63, 3.8) is 0 Å². The minimum Gasteiger partial charge on any atom is -0.352 e. The van der Waals surface area contributed by atoms with E-state index >= 15 is 0 Å². The van der Waals surface area contributed by atoms with Crippen LogP contribution in [0.4, 0.5) is 0 Å². The summed E-state index contributed by atoms with van der Waals surface area (Å²) in [6.45, 7) is 9.38. The molecule has 0 aliphatic carbocycles. The average molecular weight is 425 g/mol. The lowest BCUT2D eigenvalue weighted by Crippen LogP contribution is -2.31. The van der Waals surface area contributed by atoms with Gasteiger partial charge in [0, 0.05) is 23.5 Å². The maximum atomic E-state index is 4.71. The molecule has 4 aromatic rings. The van der Waals surface area contributed by atoms with Crippen molar-refractivity contribution in [2.45, 2.75) is 26.2 Å². The van der Waals surface area contributed by atoms with E-state index in [0.717, 1.165) is 51.0 Å². The molecule has 0 atom stereocenters. The molecule has 0 saturated carbocycles. The standard InChI is InChI=1S/C26H28N6/c1-3-18(17-32-10-6-5-7-11-32)12-19(4-2)22-14-21-25(16-28-22)30-31-26(21)23-13-20-8-9-27-15-24(20)29-23/h3-4,8-9,12-16,29H,1,5-7,10-11,17H2,2H3,(H,30,31)/b18-12+,19-4+. The van der Waals surface area contributed by atoms with Crippen LogP contribution in [0.5, 0.6) is 0 Å². The zero-order valence-corrected chi connectivity index (χ0v) is 18.4. The lowest BCUT2D eigenvalue weighted by molar-refractivity contribution is 0.248. The van der Waals surface area contributed by atoms with Crippen molar-refractivity contribution in [1.82, 2.24) is 30.0 Å². The molecule has 5 rings (SSSR count). The van der Waals surface area contributed by atoms with Crippen LogP contribution in [0.25, 0.3) is 38.8 Å². The zero-order chi connectivity index (χ0) is 21.9. The summed E-state index contributed by atoms with van der Waals surface area (Å²) >= 11 is 0. The van der Waals surface area contributed by atoms with Crippen molar-refractivity contribution in [2.24, 2.45) is 0 Å². The molecule has 32 heavy (non-hydrogen) atoms. The van der Waals surface area contributed by atoms with E-state index in [-0.39, 0.29) is 0 Å². The molecule has 0 amide bonds. The summed E-state index contributed by atoms with van der Waals surface area (Å²) < 4.78 is 0. The Bertz CT molecular complexity index is 1280. The summed E-state index contributed by atoms with van der Waals surface area (Å²) in [6, 6.07) is 6.22. The molecule has 1 aliphatic heterocycles. The number of aromatic nitrogens is 5. The third kappa shape index (κ3) is 4.01. The van der Waals surface area contributed by atoms with Crippen LogP contribution in [0.1, 0.15) is 31.9 Å². The van der Waals surface area contributed by atoms with Gasteiger partial charge in [0.15, 0.2) is 0 Å². The Kier molecular flexibility index (Phi) is 5.69. The average Bonchev–Trinajstić information content (AvgIpc) is 3.45. The zero-order valence-electron chi connectivity index (χ0n) is 18.4. The van der Waals surface area contributed by atoms with Gasteiger partial charge < -0.3 is 4.98 Å². The van der Waals surface area contributed by atoms with Gasteiger partial charge in [-0.3, -0.25) is 20.0 Å². The first-order valence-corrected chi connectivity index (χ1v) is 11.2. The van der Waals surface area contributed by atoms with E-state index in [1.54, 1.807) is 6.20 Å². The number of H-pyrrole nitrogens is 2. The second-order valence-corrected chi connectivity index (χ2v) is 8.34. The minimum absolute atomic E-state index is 0.886. The Morgan fingerprint density at radius 2 is 2.03 bits per heavy atom. The van der Waals surface area contributed by atoms with Crippen LogP contribution in [0.2, 0.25) is 0 Å². The van der Waals surface area contributed by atoms with Crippen LogP contribution >= 0.6 is 0 Å². The molecule has 1 saturated heterocycles. The van der Waals surface area contributed by atoms with E-state index in [1.807, 2.05) is 24.5 Å². The van der Waals surface area contributed by atoms with Crippen molar-refractivity contribution in [3.05, 3.63) is 72.9 Å². The Labute approximate surface area is 187 Å². The molecule has 1 fully saturated rings.